The Morgan fingerprint density at radius 2 is 1.95 bits per heavy atom. The van der Waals surface area contributed by atoms with E-state index in [-0.39, 0.29) is 6.10 Å². The van der Waals surface area contributed by atoms with Crippen molar-refractivity contribution in [2.75, 3.05) is 6.61 Å². The van der Waals surface area contributed by atoms with Crippen molar-refractivity contribution in [2.45, 2.75) is 46.1 Å². The van der Waals surface area contributed by atoms with E-state index < -0.39 is 17.7 Å². The lowest BCUT2D eigenvalue weighted by atomic mass is 10.2. The third-order valence-electron chi connectivity index (χ3n) is 2.93. The minimum absolute atomic E-state index is 0.221. The summed E-state index contributed by atoms with van der Waals surface area (Å²) in [5.74, 6) is -0.137. The molecular weight excluding hydrogens is 321 g/mol. The van der Waals surface area contributed by atoms with Crippen LogP contribution in [-0.4, -0.2) is 24.0 Å². The van der Waals surface area contributed by atoms with Gasteiger partial charge in [-0.3, -0.25) is 5.50 Å². The van der Waals surface area contributed by atoms with Gasteiger partial charge in [0, 0.05) is 6.61 Å². The third kappa shape index (κ3) is 4.78. The van der Waals surface area contributed by atoms with Crippen molar-refractivity contribution in [1.82, 2.24) is 0 Å². The van der Waals surface area contributed by atoms with Crippen molar-refractivity contribution in [1.29, 1.82) is 0 Å². The van der Waals surface area contributed by atoms with Crippen molar-refractivity contribution in [3.05, 3.63) is 29.8 Å². The lowest BCUT2D eigenvalue weighted by molar-refractivity contribution is 0.0373. The van der Waals surface area contributed by atoms with E-state index in [1.165, 1.54) is 0 Å². The van der Waals surface area contributed by atoms with Crippen LogP contribution in [-0.2, 0) is 21.3 Å². The fourth-order valence-electron chi connectivity index (χ4n) is 1.69. The topological polar surface area (TPSA) is 70.8 Å². The van der Waals surface area contributed by atoms with Gasteiger partial charge in [0.25, 0.3) is 0 Å². The molecule has 0 spiro atoms. The molecule has 1 atom stereocenters. The molecular formula is C15H24NO4PS. The van der Waals surface area contributed by atoms with Crippen LogP contribution in [0, 0.1) is 0 Å². The van der Waals surface area contributed by atoms with E-state index in [0.717, 1.165) is 0 Å². The number of carbonyl (C=O) groups excluding carboxylic acids is 1. The molecule has 0 bridgehead atoms. The first-order chi connectivity index (χ1) is 10.1. The predicted molar refractivity (Wildman–Crippen MR) is 91.8 cm³/mol. The van der Waals surface area contributed by atoms with Crippen molar-refractivity contribution in [3.8, 4) is 5.75 Å². The van der Waals surface area contributed by atoms with Gasteiger partial charge in [-0.05, 0) is 58.6 Å². The molecule has 2 N–H and O–H groups in total. The number of carbonyl (C=O) groups is 1. The summed E-state index contributed by atoms with van der Waals surface area (Å²) in [6, 6.07) is 6.78. The van der Waals surface area contributed by atoms with Gasteiger partial charge in [0.1, 0.15) is 16.7 Å². The van der Waals surface area contributed by atoms with E-state index in [0.29, 0.717) is 17.9 Å². The number of nitrogens with two attached hydrogens (primary N) is 1. The molecule has 0 heterocycles. The quantitative estimate of drug-likeness (QED) is 0.600. The van der Waals surface area contributed by atoms with Crippen molar-refractivity contribution in [2.24, 2.45) is 5.50 Å². The van der Waals surface area contributed by atoms with E-state index >= 15 is 0 Å². The lowest BCUT2D eigenvalue weighted by Gasteiger charge is -2.34. The van der Waals surface area contributed by atoms with E-state index in [9.17, 15) is 4.79 Å². The van der Waals surface area contributed by atoms with Gasteiger partial charge >= 0.3 is 5.97 Å². The molecule has 0 saturated carbocycles. The summed E-state index contributed by atoms with van der Waals surface area (Å²) in [4.78, 5) is 12.1. The summed E-state index contributed by atoms with van der Waals surface area (Å²) in [7, 11) is 0. The summed E-state index contributed by atoms with van der Waals surface area (Å²) < 4.78 is 16.7. The molecule has 0 amide bonds. The minimum Gasteiger partial charge on any atom is -0.459 e. The second-order valence-corrected chi connectivity index (χ2v) is 9.60. The lowest BCUT2D eigenvalue weighted by Crippen LogP contribution is -2.31. The molecule has 1 aromatic rings. The standard InChI is InChI=1S/C15H24NO4PS/c1-6-18-15(4,5)21(16,22)20-13-10-8-7-9-12(13)14(17)19-11(2)3/h7-11H,6H2,1-5H3,(H2,16,22). The number of para-hydroxylation sites is 1. The van der Waals surface area contributed by atoms with Crippen LogP contribution in [0.25, 0.3) is 0 Å². The molecule has 0 fully saturated rings. The van der Waals surface area contributed by atoms with Gasteiger partial charge in [-0.2, -0.15) is 0 Å². The first-order valence-electron chi connectivity index (χ1n) is 7.13. The van der Waals surface area contributed by atoms with E-state index in [4.69, 9.17) is 31.3 Å². The highest BCUT2D eigenvalue weighted by atomic mass is 32.4. The van der Waals surface area contributed by atoms with Crippen LogP contribution in [0.4, 0.5) is 0 Å². The maximum atomic E-state index is 12.1. The maximum Gasteiger partial charge on any atom is 0.342 e. The number of hydrogen-bond donors (Lipinski definition) is 1. The Balaban J connectivity index is 3.08. The van der Waals surface area contributed by atoms with Crippen LogP contribution in [0.1, 0.15) is 45.0 Å². The Labute approximate surface area is 137 Å². The second kappa shape index (κ2) is 7.55. The van der Waals surface area contributed by atoms with Crippen LogP contribution in [0.3, 0.4) is 0 Å². The third-order valence-corrected chi connectivity index (χ3v) is 6.57. The fraction of sp³-hybridized carbons (Fsp3) is 0.533. The molecule has 0 aromatic heterocycles. The summed E-state index contributed by atoms with van der Waals surface area (Å²) in [6.07, 6.45) is -3.05. The number of rotatable bonds is 7. The van der Waals surface area contributed by atoms with Crippen LogP contribution in [0.2, 0.25) is 0 Å². The largest absolute Gasteiger partial charge is 0.459 e. The molecule has 0 aliphatic heterocycles. The molecule has 0 aliphatic rings. The fourth-order valence-corrected chi connectivity index (χ4v) is 3.07. The minimum atomic E-state index is -2.83. The van der Waals surface area contributed by atoms with E-state index in [1.807, 2.05) is 6.92 Å². The maximum absolute atomic E-state index is 12.1. The first kappa shape index (κ1) is 19.1. The Hall–Kier alpha value is -0.940. The molecule has 5 nitrogen and oxygen atoms in total. The van der Waals surface area contributed by atoms with Gasteiger partial charge in [-0.15, -0.1) is 0 Å². The van der Waals surface area contributed by atoms with Crippen LogP contribution < -0.4 is 10.0 Å². The summed E-state index contributed by atoms with van der Waals surface area (Å²) in [5.41, 5.74) is 6.52. The van der Waals surface area contributed by atoms with E-state index in [1.54, 1.807) is 52.0 Å². The number of ether oxygens (including phenoxy) is 2. The molecule has 124 valence electrons. The van der Waals surface area contributed by atoms with Crippen LogP contribution >= 0.6 is 6.42 Å². The molecule has 22 heavy (non-hydrogen) atoms. The number of esters is 1. The van der Waals surface area contributed by atoms with Crippen molar-refractivity contribution >= 4 is 24.2 Å². The van der Waals surface area contributed by atoms with Gasteiger partial charge in [0.15, 0.2) is 0 Å². The molecule has 0 radical (unpaired) electrons. The summed E-state index contributed by atoms with van der Waals surface area (Å²) in [6.45, 7) is 9.51. The zero-order valence-electron chi connectivity index (χ0n) is 13.7. The van der Waals surface area contributed by atoms with Crippen molar-refractivity contribution < 1.29 is 18.8 Å². The molecule has 0 saturated heterocycles. The SMILES string of the molecule is CCOC(C)(C)P(N)(=S)Oc1ccccc1C(=O)OC(C)C. The molecule has 7 heteroatoms. The van der Waals surface area contributed by atoms with E-state index in [2.05, 4.69) is 0 Å². The van der Waals surface area contributed by atoms with Crippen molar-refractivity contribution in [3.63, 3.8) is 0 Å². The number of benzene rings is 1. The Morgan fingerprint density at radius 3 is 2.50 bits per heavy atom. The highest BCUT2D eigenvalue weighted by molar-refractivity contribution is 8.11. The summed E-state index contributed by atoms with van der Waals surface area (Å²) >= 11 is 5.45. The van der Waals surface area contributed by atoms with Gasteiger partial charge in [0.05, 0.1) is 6.10 Å². The normalized spacial score (nSPS) is 14.5. The Kier molecular flexibility index (Phi) is 6.56. The number of hydrogen-bond acceptors (Lipinski definition) is 5. The summed E-state index contributed by atoms with van der Waals surface area (Å²) in [5, 5.41) is -0.799. The first-order valence-corrected chi connectivity index (χ1v) is 9.92. The predicted octanol–water partition coefficient (Wildman–Crippen LogP) is 3.67. The smallest absolute Gasteiger partial charge is 0.342 e. The highest BCUT2D eigenvalue weighted by Gasteiger charge is 2.37. The molecule has 0 aliphatic carbocycles. The molecule has 1 aromatic carbocycles. The Morgan fingerprint density at radius 1 is 1.36 bits per heavy atom. The monoisotopic (exact) mass is 345 g/mol. The highest BCUT2D eigenvalue weighted by Crippen LogP contribution is 2.53. The van der Waals surface area contributed by atoms with Gasteiger partial charge in [-0.25, -0.2) is 4.79 Å². The van der Waals surface area contributed by atoms with Gasteiger partial charge < -0.3 is 14.0 Å². The zero-order chi connectivity index (χ0) is 17.0. The molecule has 1 rings (SSSR count). The second-order valence-electron chi connectivity index (χ2n) is 5.52. The average molecular weight is 345 g/mol. The zero-order valence-corrected chi connectivity index (χ0v) is 15.4. The molecule has 1 unspecified atom stereocenters. The van der Waals surface area contributed by atoms with Gasteiger partial charge in [-0.1, -0.05) is 12.1 Å². The van der Waals surface area contributed by atoms with Gasteiger partial charge in [0.2, 0.25) is 6.42 Å². The Bertz CT molecular complexity index is 574. The van der Waals surface area contributed by atoms with Crippen LogP contribution in [0.5, 0.6) is 5.75 Å². The average Bonchev–Trinajstić information content (AvgIpc) is 2.37. The van der Waals surface area contributed by atoms with Crippen LogP contribution in [0.15, 0.2) is 24.3 Å².